The first-order valence-electron chi connectivity index (χ1n) is 7.19. The van der Waals surface area contributed by atoms with Crippen molar-refractivity contribution in [1.29, 1.82) is 0 Å². The Labute approximate surface area is 153 Å². The van der Waals surface area contributed by atoms with Gasteiger partial charge in [-0.1, -0.05) is 34.5 Å². The number of thiazole rings is 1. The summed E-state index contributed by atoms with van der Waals surface area (Å²) in [5.41, 5.74) is 1.13. The van der Waals surface area contributed by atoms with Gasteiger partial charge in [0.05, 0.1) is 34.9 Å². The molecule has 0 saturated heterocycles. The lowest BCUT2D eigenvalue weighted by Gasteiger charge is -2.17. The molecule has 1 aliphatic heterocycles. The highest BCUT2D eigenvalue weighted by Crippen LogP contribution is 2.30. The third-order valence-corrected chi connectivity index (χ3v) is 6.27. The predicted octanol–water partition coefficient (Wildman–Crippen LogP) is 2.75. The molecule has 0 spiro atoms. The number of amides is 1. The number of hydrogen-bond donors (Lipinski definition) is 2. The number of rotatable bonds is 4. The molecule has 0 fully saturated rings. The number of hydrogen-bond acceptors (Lipinski definition) is 4. The van der Waals surface area contributed by atoms with E-state index in [9.17, 15) is 4.79 Å². The number of fused-ring (bicyclic) bond motifs is 1. The van der Waals surface area contributed by atoms with E-state index in [1.165, 1.54) is 21.5 Å². The van der Waals surface area contributed by atoms with Crippen LogP contribution in [0.25, 0.3) is 0 Å². The summed E-state index contributed by atoms with van der Waals surface area (Å²) in [4.78, 5) is 20.2. The first-order valence-corrected chi connectivity index (χ1v) is 9.74. The van der Waals surface area contributed by atoms with Crippen LogP contribution in [0.2, 0.25) is 10.0 Å². The van der Waals surface area contributed by atoms with E-state index in [1.807, 2.05) is 0 Å². The van der Waals surface area contributed by atoms with Crippen LogP contribution in [0.4, 0.5) is 5.13 Å². The molecule has 4 nitrogen and oxygen atoms in total. The van der Waals surface area contributed by atoms with Crippen LogP contribution in [0.1, 0.15) is 10.6 Å². The molecular formula is C15H16Cl2N3OS2+. The van der Waals surface area contributed by atoms with Crippen LogP contribution < -0.4 is 10.2 Å². The number of thioether (sulfide) groups is 1. The molecule has 1 unspecified atom stereocenters. The Morgan fingerprint density at radius 1 is 1.48 bits per heavy atom. The molecule has 2 heterocycles. The summed E-state index contributed by atoms with van der Waals surface area (Å²) in [5.74, 6) is 0.188. The Kier molecular flexibility index (Phi) is 5.49. The molecule has 122 valence electrons. The van der Waals surface area contributed by atoms with Crippen molar-refractivity contribution >= 4 is 57.3 Å². The molecule has 1 aromatic carbocycles. The zero-order chi connectivity index (χ0) is 16.4. The lowest BCUT2D eigenvalue weighted by atomic mass is 10.2. The number of benzene rings is 1. The van der Waals surface area contributed by atoms with Gasteiger partial charge in [-0.05, 0) is 18.2 Å². The molecule has 2 N–H and O–H groups in total. The van der Waals surface area contributed by atoms with Crippen LogP contribution in [-0.2, 0) is 17.8 Å². The summed E-state index contributed by atoms with van der Waals surface area (Å²) in [6.07, 6.45) is 0.973. The largest absolute Gasteiger partial charge is 0.333 e. The molecule has 1 amide bonds. The molecule has 0 radical (unpaired) electrons. The van der Waals surface area contributed by atoms with Crippen LogP contribution in [-0.4, -0.2) is 30.2 Å². The number of anilines is 1. The van der Waals surface area contributed by atoms with E-state index in [4.69, 9.17) is 23.2 Å². The zero-order valence-corrected chi connectivity index (χ0v) is 15.6. The Hall–Kier alpha value is -0.790. The van der Waals surface area contributed by atoms with Gasteiger partial charge in [0.25, 0.3) is 0 Å². The average Bonchev–Trinajstić information content (AvgIpc) is 2.89. The maximum Gasteiger partial charge on any atom is 0.236 e. The normalized spacial score (nSPS) is 16.9. The molecule has 23 heavy (non-hydrogen) atoms. The Morgan fingerprint density at radius 2 is 2.30 bits per heavy atom. The fourth-order valence-corrected chi connectivity index (χ4v) is 4.78. The van der Waals surface area contributed by atoms with Crippen molar-refractivity contribution in [1.82, 2.24) is 4.98 Å². The maximum atomic E-state index is 12.1. The van der Waals surface area contributed by atoms with Gasteiger partial charge >= 0.3 is 0 Å². The Morgan fingerprint density at radius 3 is 3.13 bits per heavy atom. The van der Waals surface area contributed by atoms with Gasteiger partial charge in [0, 0.05) is 16.3 Å². The van der Waals surface area contributed by atoms with E-state index in [0.29, 0.717) is 15.2 Å². The molecule has 2 aromatic rings. The van der Waals surface area contributed by atoms with Gasteiger partial charge in [0.1, 0.15) is 6.54 Å². The van der Waals surface area contributed by atoms with Gasteiger partial charge in [-0.25, -0.2) is 4.98 Å². The number of halogens is 2. The van der Waals surface area contributed by atoms with Crippen LogP contribution in [0.15, 0.2) is 23.1 Å². The summed E-state index contributed by atoms with van der Waals surface area (Å²) in [7, 11) is 2.17. The lowest BCUT2D eigenvalue weighted by molar-refractivity contribution is -0.895. The third kappa shape index (κ3) is 4.39. The molecule has 0 saturated carbocycles. The molecular weight excluding hydrogens is 373 g/mol. The first-order chi connectivity index (χ1) is 11.0. The van der Waals surface area contributed by atoms with E-state index in [-0.39, 0.29) is 11.7 Å². The summed E-state index contributed by atoms with van der Waals surface area (Å²) >= 11 is 15.0. The van der Waals surface area contributed by atoms with Gasteiger partial charge in [-0.3, -0.25) is 4.79 Å². The van der Waals surface area contributed by atoms with Crippen molar-refractivity contribution in [2.45, 2.75) is 17.9 Å². The summed E-state index contributed by atoms with van der Waals surface area (Å²) in [5, 5.41) is 4.78. The van der Waals surface area contributed by atoms with Gasteiger partial charge in [0.15, 0.2) is 5.13 Å². The quantitative estimate of drug-likeness (QED) is 0.791. The SMILES string of the molecule is C[NH+]1CCc2nc(NC(=O)CSc3cc(Cl)ccc3Cl)sc2C1. The molecule has 3 rings (SSSR count). The minimum Gasteiger partial charge on any atom is -0.333 e. The highest BCUT2D eigenvalue weighted by molar-refractivity contribution is 8.00. The number of carbonyl (C=O) groups is 1. The number of likely N-dealkylation sites (N-methyl/N-ethyl adjacent to an activating group) is 1. The van der Waals surface area contributed by atoms with E-state index < -0.39 is 0 Å². The number of aromatic nitrogens is 1. The second-order valence-corrected chi connectivity index (χ2v) is 8.38. The van der Waals surface area contributed by atoms with E-state index >= 15 is 0 Å². The van der Waals surface area contributed by atoms with Crippen molar-refractivity contribution < 1.29 is 9.69 Å². The van der Waals surface area contributed by atoms with E-state index in [2.05, 4.69) is 17.3 Å². The van der Waals surface area contributed by atoms with Crippen LogP contribution in [0, 0.1) is 0 Å². The molecule has 8 heteroatoms. The lowest BCUT2D eigenvalue weighted by Crippen LogP contribution is -3.08. The van der Waals surface area contributed by atoms with Crippen molar-refractivity contribution in [3.63, 3.8) is 0 Å². The molecule has 1 aliphatic rings. The fraction of sp³-hybridized carbons (Fsp3) is 0.333. The van der Waals surface area contributed by atoms with Crippen LogP contribution in [0.3, 0.4) is 0 Å². The van der Waals surface area contributed by atoms with Gasteiger partial charge in [-0.15, -0.1) is 11.8 Å². The number of quaternary nitrogens is 1. The molecule has 1 aromatic heterocycles. The van der Waals surface area contributed by atoms with Crippen molar-refractivity contribution in [3.05, 3.63) is 38.8 Å². The van der Waals surface area contributed by atoms with E-state index in [1.54, 1.807) is 29.5 Å². The standard InChI is InChI=1S/C15H15Cl2N3OS2/c1-20-5-4-11-13(7-20)23-15(18-11)19-14(21)8-22-12-6-9(16)2-3-10(12)17/h2-3,6H,4-5,7-8H2,1H3,(H,18,19,21)/p+1. The van der Waals surface area contributed by atoms with Gasteiger partial charge in [-0.2, -0.15) is 0 Å². The highest BCUT2D eigenvalue weighted by Gasteiger charge is 2.21. The van der Waals surface area contributed by atoms with Gasteiger partial charge < -0.3 is 10.2 Å². The smallest absolute Gasteiger partial charge is 0.236 e. The highest BCUT2D eigenvalue weighted by atomic mass is 35.5. The summed E-state index contributed by atoms with van der Waals surface area (Å²) in [6, 6.07) is 5.23. The molecule has 1 atom stereocenters. The van der Waals surface area contributed by atoms with Crippen molar-refractivity contribution in [2.75, 3.05) is 24.7 Å². The second-order valence-electron chi connectivity index (χ2n) is 5.43. The monoisotopic (exact) mass is 388 g/mol. The van der Waals surface area contributed by atoms with Crippen molar-refractivity contribution in [2.24, 2.45) is 0 Å². The number of nitrogens with one attached hydrogen (secondary N) is 2. The fourth-order valence-electron chi connectivity index (χ4n) is 2.35. The van der Waals surface area contributed by atoms with Crippen LogP contribution in [0.5, 0.6) is 0 Å². The predicted molar refractivity (Wildman–Crippen MR) is 97.1 cm³/mol. The maximum absolute atomic E-state index is 12.1. The molecule has 0 aliphatic carbocycles. The molecule has 0 bridgehead atoms. The Bertz CT molecular complexity index is 736. The average molecular weight is 389 g/mol. The minimum atomic E-state index is -0.0853. The van der Waals surface area contributed by atoms with Crippen LogP contribution >= 0.6 is 46.3 Å². The zero-order valence-electron chi connectivity index (χ0n) is 12.5. The third-order valence-electron chi connectivity index (χ3n) is 3.53. The number of carbonyl (C=O) groups excluding carboxylic acids is 1. The summed E-state index contributed by atoms with van der Waals surface area (Å²) in [6.45, 7) is 2.07. The number of nitrogens with zero attached hydrogens (tertiary/aromatic N) is 1. The topological polar surface area (TPSA) is 46.4 Å². The second kappa shape index (κ2) is 7.40. The van der Waals surface area contributed by atoms with Crippen molar-refractivity contribution in [3.8, 4) is 0 Å². The van der Waals surface area contributed by atoms with E-state index in [0.717, 1.165) is 30.1 Å². The van der Waals surface area contributed by atoms with Gasteiger partial charge in [0.2, 0.25) is 5.91 Å². The minimum absolute atomic E-state index is 0.0853. The summed E-state index contributed by atoms with van der Waals surface area (Å²) < 4.78 is 0. The Balaban J connectivity index is 1.58. The first kappa shape index (κ1) is 17.0.